The van der Waals surface area contributed by atoms with Gasteiger partial charge in [0.2, 0.25) is 0 Å². The SMILES string of the molecule is Cc1ccc(/C=C(\CC(C#N)(C#N)C/C(=C\c2ccc(C)cc2)C(=O)OC(C)(C)C)C(=O)OC(C)(C)C)cc1. The molecule has 2 rings (SSSR count). The first-order valence-electron chi connectivity index (χ1n) is 12.9. The lowest BCUT2D eigenvalue weighted by molar-refractivity contribution is -0.150. The number of hydrogen-bond acceptors (Lipinski definition) is 6. The number of ether oxygens (including phenoxy) is 2. The molecule has 2 aromatic rings. The predicted molar refractivity (Wildman–Crippen MR) is 153 cm³/mol. The van der Waals surface area contributed by atoms with Crippen molar-refractivity contribution in [3.8, 4) is 12.1 Å². The molecule has 0 saturated carbocycles. The van der Waals surface area contributed by atoms with Crippen LogP contribution in [0.4, 0.5) is 0 Å². The van der Waals surface area contributed by atoms with E-state index in [1.807, 2.05) is 62.4 Å². The maximum Gasteiger partial charge on any atom is 0.334 e. The van der Waals surface area contributed by atoms with Gasteiger partial charge in [-0.2, -0.15) is 10.5 Å². The van der Waals surface area contributed by atoms with Crippen molar-refractivity contribution in [1.29, 1.82) is 10.5 Å². The number of aryl methyl sites for hydroxylation is 2. The Bertz CT molecular complexity index is 1220. The zero-order chi connectivity index (χ0) is 29.4. The molecule has 0 unspecified atom stereocenters. The average molecular weight is 527 g/mol. The molecule has 0 heterocycles. The fourth-order valence-corrected chi connectivity index (χ4v) is 3.68. The van der Waals surface area contributed by atoms with Crippen LogP contribution < -0.4 is 0 Å². The van der Waals surface area contributed by atoms with Gasteiger partial charge >= 0.3 is 11.9 Å². The molecule has 39 heavy (non-hydrogen) atoms. The van der Waals surface area contributed by atoms with Crippen LogP contribution in [-0.4, -0.2) is 23.1 Å². The number of carbonyl (C=O) groups is 2. The molecule has 0 aliphatic heterocycles. The number of nitriles is 2. The Kier molecular flexibility index (Phi) is 10.0. The first-order chi connectivity index (χ1) is 18.0. The first kappa shape index (κ1) is 31.1. The fraction of sp³-hybridized carbons (Fsp3) is 0.394. The summed E-state index contributed by atoms with van der Waals surface area (Å²) in [5.41, 5.74) is 0.599. The van der Waals surface area contributed by atoms with Gasteiger partial charge < -0.3 is 9.47 Å². The average Bonchev–Trinajstić information content (AvgIpc) is 2.83. The van der Waals surface area contributed by atoms with Crippen molar-refractivity contribution in [2.75, 3.05) is 0 Å². The summed E-state index contributed by atoms with van der Waals surface area (Å²) in [6, 6.07) is 19.2. The van der Waals surface area contributed by atoms with E-state index >= 15 is 0 Å². The molecular weight excluding hydrogens is 488 g/mol. The van der Waals surface area contributed by atoms with Crippen LogP contribution in [0.5, 0.6) is 0 Å². The standard InChI is InChI=1S/C33H38N2O4/c1-23-9-13-25(14-10-23)17-27(29(36)38-31(3,4)5)19-33(21-34,22-35)20-28(30(37)39-32(6,7)8)18-26-15-11-24(2)12-16-26/h9-18H,19-20H2,1-8H3/b27-17+,28-18+. The monoisotopic (exact) mass is 526 g/mol. The van der Waals surface area contributed by atoms with Gasteiger partial charge in [0.15, 0.2) is 5.41 Å². The van der Waals surface area contributed by atoms with Crippen molar-refractivity contribution >= 4 is 24.1 Å². The summed E-state index contributed by atoms with van der Waals surface area (Å²) in [5, 5.41) is 20.6. The van der Waals surface area contributed by atoms with Crippen LogP contribution in [-0.2, 0) is 19.1 Å². The van der Waals surface area contributed by atoms with E-state index in [0.29, 0.717) is 0 Å². The number of benzene rings is 2. The van der Waals surface area contributed by atoms with E-state index in [4.69, 9.17) is 9.47 Å². The molecule has 0 saturated heterocycles. The van der Waals surface area contributed by atoms with Crippen LogP contribution in [0.15, 0.2) is 59.7 Å². The number of esters is 2. The van der Waals surface area contributed by atoms with E-state index in [1.54, 1.807) is 53.7 Å². The minimum absolute atomic E-state index is 0.163. The molecule has 0 spiro atoms. The highest BCUT2D eigenvalue weighted by Gasteiger charge is 2.38. The Morgan fingerprint density at radius 3 is 1.23 bits per heavy atom. The maximum atomic E-state index is 13.3. The molecular formula is C33H38N2O4. The smallest absolute Gasteiger partial charge is 0.334 e. The van der Waals surface area contributed by atoms with Crippen molar-refractivity contribution in [3.05, 3.63) is 81.9 Å². The largest absolute Gasteiger partial charge is 0.457 e. The second-order valence-electron chi connectivity index (χ2n) is 11.8. The molecule has 2 aromatic carbocycles. The third kappa shape index (κ3) is 10.3. The highest BCUT2D eigenvalue weighted by molar-refractivity contribution is 5.95. The number of rotatable bonds is 8. The van der Waals surface area contributed by atoms with Crippen molar-refractivity contribution < 1.29 is 19.1 Å². The van der Waals surface area contributed by atoms with Gasteiger partial charge in [-0.05, 0) is 78.7 Å². The third-order valence-corrected chi connectivity index (χ3v) is 5.57. The number of nitrogens with zero attached hydrogens (tertiary/aromatic N) is 2. The molecule has 204 valence electrons. The molecule has 6 heteroatoms. The zero-order valence-corrected chi connectivity index (χ0v) is 24.2. The molecule has 0 atom stereocenters. The minimum atomic E-state index is -1.74. The molecule has 0 aromatic heterocycles. The van der Waals surface area contributed by atoms with Gasteiger partial charge in [-0.3, -0.25) is 0 Å². The van der Waals surface area contributed by atoms with Crippen molar-refractivity contribution in [1.82, 2.24) is 0 Å². The van der Waals surface area contributed by atoms with E-state index < -0.39 is 28.6 Å². The highest BCUT2D eigenvalue weighted by Crippen LogP contribution is 2.36. The minimum Gasteiger partial charge on any atom is -0.457 e. The van der Waals surface area contributed by atoms with Gasteiger partial charge in [0.1, 0.15) is 11.2 Å². The van der Waals surface area contributed by atoms with Crippen LogP contribution >= 0.6 is 0 Å². The molecule has 0 amide bonds. The van der Waals surface area contributed by atoms with Gasteiger partial charge in [-0.1, -0.05) is 59.7 Å². The van der Waals surface area contributed by atoms with E-state index in [9.17, 15) is 20.1 Å². The van der Waals surface area contributed by atoms with Crippen molar-refractivity contribution in [2.24, 2.45) is 5.41 Å². The van der Waals surface area contributed by atoms with E-state index in [-0.39, 0.29) is 24.0 Å². The van der Waals surface area contributed by atoms with Gasteiger partial charge in [0.25, 0.3) is 0 Å². The second-order valence-corrected chi connectivity index (χ2v) is 11.8. The Balaban J connectivity index is 2.59. The highest BCUT2D eigenvalue weighted by atomic mass is 16.6. The summed E-state index contributed by atoms with van der Waals surface area (Å²) >= 11 is 0. The quantitative estimate of drug-likeness (QED) is 0.265. The Morgan fingerprint density at radius 1 is 0.667 bits per heavy atom. The Hall–Kier alpha value is -4.16. The van der Waals surface area contributed by atoms with Gasteiger partial charge in [-0.15, -0.1) is 0 Å². The predicted octanol–water partition coefficient (Wildman–Crippen LogP) is 7.27. The molecule has 0 aliphatic carbocycles. The summed E-state index contributed by atoms with van der Waals surface area (Å²) < 4.78 is 11.2. The normalized spacial score (nSPS) is 12.8. The Labute approximate surface area is 232 Å². The van der Waals surface area contributed by atoms with E-state index in [1.165, 1.54) is 0 Å². The van der Waals surface area contributed by atoms with Gasteiger partial charge in [0.05, 0.1) is 12.1 Å². The van der Waals surface area contributed by atoms with Crippen molar-refractivity contribution in [2.45, 2.75) is 79.4 Å². The zero-order valence-electron chi connectivity index (χ0n) is 24.2. The van der Waals surface area contributed by atoms with Gasteiger partial charge in [0, 0.05) is 24.0 Å². The lowest BCUT2D eigenvalue weighted by atomic mass is 9.78. The molecule has 6 nitrogen and oxygen atoms in total. The lowest BCUT2D eigenvalue weighted by Gasteiger charge is -2.26. The van der Waals surface area contributed by atoms with E-state index in [0.717, 1.165) is 22.3 Å². The number of hydrogen-bond donors (Lipinski definition) is 0. The van der Waals surface area contributed by atoms with Crippen LogP contribution in [0.25, 0.3) is 12.2 Å². The Morgan fingerprint density at radius 2 is 0.974 bits per heavy atom. The molecule has 0 aliphatic rings. The lowest BCUT2D eigenvalue weighted by Crippen LogP contribution is -2.29. The van der Waals surface area contributed by atoms with Crippen molar-refractivity contribution in [3.63, 3.8) is 0 Å². The van der Waals surface area contributed by atoms with E-state index in [2.05, 4.69) is 12.1 Å². The van der Waals surface area contributed by atoms with Crippen LogP contribution in [0.1, 0.15) is 76.6 Å². The summed E-state index contributed by atoms with van der Waals surface area (Å²) in [6.07, 6.45) is 2.79. The van der Waals surface area contributed by atoms with Crippen LogP contribution in [0.3, 0.4) is 0 Å². The summed E-state index contributed by atoms with van der Waals surface area (Å²) in [5.74, 6) is -1.25. The van der Waals surface area contributed by atoms with Crippen LogP contribution in [0.2, 0.25) is 0 Å². The maximum absolute atomic E-state index is 13.3. The second kappa shape index (κ2) is 12.6. The molecule has 0 fully saturated rings. The fourth-order valence-electron chi connectivity index (χ4n) is 3.68. The van der Waals surface area contributed by atoms with Crippen LogP contribution in [0, 0.1) is 41.9 Å². The summed E-state index contributed by atoms with van der Waals surface area (Å²) in [7, 11) is 0. The molecule has 0 bridgehead atoms. The summed E-state index contributed by atoms with van der Waals surface area (Å²) in [6.45, 7) is 14.4. The number of carbonyl (C=O) groups excluding carboxylic acids is 2. The van der Waals surface area contributed by atoms with Gasteiger partial charge in [-0.25, -0.2) is 9.59 Å². The first-order valence-corrected chi connectivity index (χ1v) is 12.9. The topological polar surface area (TPSA) is 100 Å². The molecule has 0 radical (unpaired) electrons. The molecule has 0 N–H and O–H groups in total. The summed E-state index contributed by atoms with van der Waals surface area (Å²) in [4.78, 5) is 26.5. The third-order valence-electron chi connectivity index (χ3n) is 5.57.